The summed E-state index contributed by atoms with van der Waals surface area (Å²) in [5, 5.41) is 9.31. The zero-order valence-electron chi connectivity index (χ0n) is 11.8. The summed E-state index contributed by atoms with van der Waals surface area (Å²) in [6.45, 7) is 6.78. The van der Waals surface area contributed by atoms with Crippen molar-refractivity contribution < 1.29 is 9.90 Å². The van der Waals surface area contributed by atoms with Gasteiger partial charge in [0.25, 0.3) is 0 Å². The number of piperidine rings is 1. The monoisotopic (exact) mass is 253 g/mol. The molecule has 0 amide bonds. The predicted molar refractivity (Wildman–Crippen MR) is 72.6 cm³/mol. The lowest BCUT2D eigenvalue weighted by molar-refractivity contribution is -0.142. The highest BCUT2D eigenvalue weighted by Crippen LogP contribution is 2.43. The van der Waals surface area contributed by atoms with Crippen LogP contribution in [0.4, 0.5) is 0 Å². The number of rotatable bonds is 3. The van der Waals surface area contributed by atoms with E-state index in [1.54, 1.807) is 0 Å². The first kappa shape index (κ1) is 13.9. The number of nitrogens with zero attached hydrogens (tertiary/aromatic N) is 1. The first-order valence-electron chi connectivity index (χ1n) is 7.49. The molecule has 2 unspecified atom stereocenters. The van der Waals surface area contributed by atoms with E-state index < -0.39 is 5.97 Å². The molecule has 1 saturated carbocycles. The summed E-state index contributed by atoms with van der Waals surface area (Å²) in [5.74, 6) is 0.701. The van der Waals surface area contributed by atoms with E-state index in [1.807, 2.05) is 0 Å². The molecular weight excluding hydrogens is 226 g/mol. The molecule has 0 aromatic heterocycles. The van der Waals surface area contributed by atoms with E-state index in [0.717, 1.165) is 25.9 Å². The number of likely N-dealkylation sites (tertiary alicyclic amines) is 1. The lowest BCUT2D eigenvalue weighted by Crippen LogP contribution is -2.55. The van der Waals surface area contributed by atoms with Crippen molar-refractivity contribution in [2.24, 2.45) is 11.8 Å². The molecule has 2 rings (SSSR count). The average molecular weight is 253 g/mol. The van der Waals surface area contributed by atoms with E-state index >= 15 is 0 Å². The summed E-state index contributed by atoms with van der Waals surface area (Å²) < 4.78 is 0. The highest BCUT2D eigenvalue weighted by molar-refractivity contribution is 5.68. The zero-order chi connectivity index (χ0) is 13.2. The van der Waals surface area contributed by atoms with Crippen LogP contribution in [0, 0.1) is 11.8 Å². The quantitative estimate of drug-likeness (QED) is 0.840. The zero-order valence-corrected chi connectivity index (χ0v) is 11.8. The summed E-state index contributed by atoms with van der Waals surface area (Å²) in [6.07, 6.45) is 7.53. The summed E-state index contributed by atoms with van der Waals surface area (Å²) in [6, 6.07) is 0. The number of hydrogen-bond acceptors (Lipinski definition) is 2. The average Bonchev–Trinajstić information content (AvgIpc) is 2.27. The Hall–Kier alpha value is -0.570. The maximum atomic E-state index is 11.3. The van der Waals surface area contributed by atoms with Gasteiger partial charge >= 0.3 is 5.97 Å². The molecule has 0 aromatic carbocycles. The van der Waals surface area contributed by atoms with Crippen LogP contribution in [0.3, 0.4) is 0 Å². The van der Waals surface area contributed by atoms with Crippen molar-refractivity contribution >= 4 is 5.97 Å². The maximum Gasteiger partial charge on any atom is 0.305 e. The molecule has 1 N–H and O–H groups in total. The van der Waals surface area contributed by atoms with Crippen LogP contribution in [-0.4, -0.2) is 34.6 Å². The molecule has 1 heterocycles. The molecule has 2 fully saturated rings. The Bertz CT molecular complexity index is 287. The first-order valence-corrected chi connectivity index (χ1v) is 7.49. The highest BCUT2D eigenvalue weighted by atomic mass is 16.4. The minimum atomic E-state index is -0.623. The Morgan fingerprint density at radius 1 is 1.17 bits per heavy atom. The molecular formula is C15H27NO2. The fourth-order valence-electron chi connectivity index (χ4n) is 4.40. The second-order valence-electron chi connectivity index (χ2n) is 6.70. The van der Waals surface area contributed by atoms with Gasteiger partial charge in [0.2, 0.25) is 0 Å². The Balaban J connectivity index is 2.17. The fourth-order valence-corrected chi connectivity index (χ4v) is 4.40. The first-order chi connectivity index (χ1) is 8.52. The van der Waals surface area contributed by atoms with Crippen molar-refractivity contribution in [1.29, 1.82) is 0 Å². The predicted octanol–water partition coefficient (Wildman–Crippen LogP) is 3.14. The molecule has 1 aliphatic heterocycles. The number of carboxylic acid groups (broad SMARTS) is 1. The topological polar surface area (TPSA) is 40.5 Å². The molecule has 0 radical (unpaired) electrons. The van der Waals surface area contributed by atoms with Crippen LogP contribution in [-0.2, 0) is 4.79 Å². The largest absolute Gasteiger partial charge is 0.481 e. The SMILES string of the molecule is CC1CC(C)CC(CC(=O)O)(N2CCCCC2)C1. The van der Waals surface area contributed by atoms with Crippen molar-refractivity contribution in [1.82, 2.24) is 4.90 Å². The van der Waals surface area contributed by atoms with Gasteiger partial charge in [-0.15, -0.1) is 0 Å². The van der Waals surface area contributed by atoms with Crippen LogP contribution >= 0.6 is 0 Å². The van der Waals surface area contributed by atoms with E-state index in [9.17, 15) is 9.90 Å². The lowest BCUT2D eigenvalue weighted by atomic mass is 9.68. The van der Waals surface area contributed by atoms with Gasteiger partial charge in [-0.1, -0.05) is 20.3 Å². The van der Waals surface area contributed by atoms with E-state index in [0.29, 0.717) is 18.3 Å². The Kier molecular flexibility index (Phi) is 4.31. The minimum Gasteiger partial charge on any atom is -0.481 e. The lowest BCUT2D eigenvalue weighted by Gasteiger charge is -2.51. The molecule has 2 aliphatic rings. The Morgan fingerprint density at radius 2 is 1.72 bits per heavy atom. The minimum absolute atomic E-state index is 0.0522. The third-order valence-electron chi connectivity index (χ3n) is 4.77. The molecule has 0 aromatic rings. The van der Waals surface area contributed by atoms with Gasteiger partial charge < -0.3 is 5.11 Å². The molecule has 104 valence electrons. The molecule has 3 heteroatoms. The normalized spacial score (nSPS) is 38.6. The third kappa shape index (κ3) is 3.05. The number of carboxylic acids is 1. The second-order valence-corrected chi connectivity index (χ2v) is 6.70. The molecule has 0 spiro atoms. The van der Waals surface area contributed by atoms with E-state index in [2.05, 4.69) is 18.7 Å². The summed E-state index contributed by atoms with van der Waals surface area (Å²) in [7, 11) is 0. The van der Waals surface area contributed by atoms with Crippen molar-refractivity contribution in [3.8, 4) is 0 Å². The van der Waals surface area contributed by atoms with Crippen molar-refractivity contribution in [2.45, 2.75) is 64.3 Å². The number of aliphatic carboxylic acids is 1. The van der Waals surface area contributed by atoms with Gasteiger partial charge in [-0.05, 0) is 57.0 Å². The van der Waals surface area contributed by atoms with Crippen LogP contribution in [0.1, 0.15) is 58.8 Å². The van der Waals surface area contributed by atoms with Gasteiger partial charge in [-0.3, -0.25) is 9.69 Å². The van der Waals surface area contributed by atoms with Crippen LogP contribution in [0.15, 0.2) is 0 Å². The van der Waals surface area contributed by atoms with Crippen LogP contribution < -0.4 is 0 Å². The standard InChI is InChI=1S/C15H27NO2/c1-12-8-13(2)10-15(9-12,11-14(17)18)16-6-4-3-5-7-16/h12-13H,3-11H2,1-2H3,(H,17,18). The Labute approximate surface area is 111 Å². The highest BCUT2D eigenvalue weighted by Gasteiger charge is 2.44. The fraction of sp³-hybridized carbons (Fsp3) is 0.933. The van der Waals surface area contributed by atoms with Gasteiger partial charge in [-0.2, -0.15) is 0 Å². The Morgan fingerprint density at radius 3 is 2.22 bits per heavy atom. The number of hydrogen-bond donors (Lipinski definition) is 1. The number of carbonyl (C=O) groups is 1. The third-order valence-corrected chi connectivity index (χ3v) is 4.77. The van der Waals surface area contributed by atoms with Gasteiger partial charge in [0, 0.05) is 5.54 Å². The smallest absolute Gasteiger partial charge is 0.305 e. The molecule has 1 aliphatic carbocycles. The van der Waals surface area contributed by atoms with Crippen molar-refractivity contribution in [3.63, 3.8) is 0 Å². The summed E-state index contributed by atoms with van der Waals surface area (Å²) in [5.41, 5.74) is -0.0522. The van der Waals surface area contributed by atoms with Gasteiger partial charge in [0.05, 0.1) is 6.42 Å². The molecule has 18 heavy (non-hydrogen) atoms. The van der Waals surface area contributed by atoms with Crippen molar-refractivity contribution in [2.75, 3.05) is 13.1 Å². The van der Waals surface area contributed by atoms with Gasteiger partial charge in [0.1, 0.15) is 0 Å². The molecule has 2 atom stereocenters. The van der Waals surface area contributed by atoms with Gasteiger partial charge in [-0.25, -0.2) is 0 Å². The van der Waals surface area contributed by atoms with Gasteiger partial charge in [0.15, 0.2) is 0 Å². The summed E-state index contributed by atoms with van der Waals surface area (Å²) >= 11 is 0. The van der Waals surface area contributed by atoms with Crippen LogP contribution in [0.5, 0.6) is 0 Å². The van der Waals surface area contributed by atoms with Crippen molar-refractivity contribution in [3.05, 3.63) is 0 Å². The van der Waals surface area contributed by atoms with E-state index in [4.69, 9.17) is 0 Å². The van der Waals surface area contributed by atoms with E-state index in [1.165, 1.54) is 25.7 Å². The van der Waals surface area contributed by atoms with E-state index in [-0.39, 0.29) is 5.54 Å². The second kappa shape index (κ2) is 5.60. The van der Waals surface area contributed by atoms with Crippen LogP contribution in [0.2, 0.25) is 0 Å². The summed E-state index contributed by atoms with van der Waals surface area (Å²) in [4.78, 5) is 13.8. The molecule has 1 saturated heterocycles. The van der Waals surface area contributed by atoms with Crippen LogP contribution in [0.25, 0.3) is 0 Å². The molecule has 0 bridgehead atoms. The molecule has 3 nitrogen and oxygen atoms in total. The maximum absolute atomic E-state index is 11.3.